The van der Waals surface area contributed by atoms with Gasteiger partial charge in [-0.1, -0.05) is 48.0 Å². The van der Waals surface area contributed by atoms with E-state index in [0.29, 0.717) is 29.7 Å². The lowest BCUT2D eigenvalue weighted by Gasteiger charge is -2.33. The predicted octanol–water partition coefficient (Wildman–Crippen LogP) is 3.51. The van der Waals surface area contributed by atoms with E-state index in [2.05, 4.69) is 12.1 Å². The molecule has 0 atom stereocenters. The number of hydrogen-bond acceptors (Lipinski definition) is 3. The molecule has 0 spiro atoms. The molecule has 1 saturated heterocycles. The van der Waals surface area contributed by atoms with Crippen LogP contribution in [0.5, 0.6) is 0 Å². The fourth-order valence-corrected chi connectivity index (χ4v) is 4.47. The van der Waals surface area contributed by atoms with E-state index < -0.39 is 10.0 Å². The normalized spacial score (nSPS) is 15.6. The molecule has 27 heavy (non-hydrogen) atoms. The predicted molar refractivity (Wildman–Crippen MR) is 109 cm³/mol. The highest BCUT2D eigenvalue weighted by atomic mass is 35.5. The first kappa shape index (κ1) is 19.7. The van der Waals surface area contributed by atoms with Crippen LogP contribution in [0.15, 0.2) is 54.6 Å². The molecule has 1 heterocycles. The molecule has 0 N–H and O–H groups in total. The molecule has 0 radical (unpaired) electrons. The minimum Gasteiger partial charge on any atom is -0.341 e. The number of anilines is 1. The van der Waals surface area contributed by atoms with Crippen LogP contribution >= 0.6 is 11.6 Å². The van der Waals surface area contributed by atoms with Gasteiger partial charge in [0.15, 0.2) is 0 Å². The number of carbonyl (C=O) groups is 1. The van der Waals surface area contributed by atoms with Crippen LogP contribution in [-0.4, -0.2) is 45.1 Å². The van der Waals surface area contributed by atoms with Crippen LogP contribution in [0.2, 0.25) is 5.02 Å². The van der Waals surface area contributed by atoms with Gasteiger partial charge in [-0.15, -0.1) is 0 Å². The molecule has 2 aromatic carbocycles. The topological polar surface area (TPSA) is 57.7 Å². The van der Waals surface area contributed by atoms with E-state index >= 15 is 0 Å². The van der Waals surface area contributed by atoms with Crippen molar-refractivity contribution in [3.63, 3.8) is 0 Å². The van der Waals surface area contributed by atoms with E-state index in [1.54, 1.807) is 29.2 Å². The largest absolute Gasteiger partial charge is 0.341 e. The van der Waals surface area contributed by atoms with Gasteiger partial charge in [0.1, 0.15) is 6.54 Å². The third-order valence-corrected chi connectivity index (χ3v) is 6.27. The zero-order valence-electron chi connectivity index (χ0n) is 15.2. The molecule has 1 fully saturated rings. The summed E-state index contributed by atoms with van der Waals surface area (Å²) < 4.78 is 25.5. The molecular formula is C20H23ClN2O3S. The van der Waals surface area contributed by atoms with Crippen molar-refractivity contribution in [2.75, 3.05) is 30.2 Å². The summed E-state index contributed by atoms with van der Waals surface area (Å²) in [6.45, 7) is 1.05. The molecule has 0 saturated carbocycles. The van der Waals surface area contributed by atoms with Crippen LogP contribution in [0.25, 0.3) is 0 Å². The van der Waals surface area contributed by atoms with Gasteiger partial charge in [-0.2, -0.15) is 0 Å². The smallest absolute Gasteiger partial charge is 0.243 e. The second-order valence-electron chi connectivity index (χ2n) is 6.82. The van der Waals surface area contributed by atoms with Gasteiger partial charge < -0.3 is 4.90 Å². The van der Waals surface area contributed by atoms with Crippen LogP contribution < -0.4 is 4.31 Å². The molecular weight excluding hydrogens is 384 g/mol. The monoisotopic (exact) mass is 406 g/mol. The maximum atomic E-state index is 12.7. The lowest BCUT2D eigenvalue weighted by molar-refractivity contribution is -0.130. The molecule has 1 aliphatic rings. The van der Waals surface area contributed by atoms with Crippen molar-refractivity contribution in [1.82, 2.24) is 4.90 Å². The van der Waals surface area contributed by atoms with E-state index in [1.165, 1.54) is 5.56 Å². The number of piperidine rings is 1. The third-order valence-electron chi connectivity index (χ3n) is 4.89. The van der Waals surface area contributed by atoms with E-state index in [9.17, 15) is 13.2 Å². The second kappa shape index (κ2) is 8.31. The summed E-state index contributed by atoms with van der Waals surface area (Å²) in [5, 5.41) is 0.428. The summed E-state index contributed by atoms with van der Waals surface area (Å²) in [7, 11) is -3.60. The highest BCUT2D eigenvalue weighted by Crippen LogP contribution is 2.28. The second-order valence-corrected chi connectivity index (χ2v) is 9.16. The van der Waals surface area contributed by atoms with Crippen LogP contribution in [-0.2, 0) is 14.8 Å². The van der Waals surface area contributed by atoms with Gasteiger partial charge >= 0.3 is 0 Å². The fraction of sp³-hybridized carbons (Fsp3) is 0.350. The van der Waals surface area contributed by atoms with Gasteiger partial charge in [-0.05, 0) is 42.5 Å². The highest BCUT2D eigenvalue weighted by Gasteiger charge is 2.27. The number of likely N-dealkylation sites (tertiary alicyclic amines) is 1. The summed E-state index contributed by atoms with van der Waals surface area (Å²) in [6, 6.07) is 16.8. The summed E-state index contributed by atoms with van der Waals surface area (Å²) in [5.41, 5.74) is 1.69. The van der Waals surface area contributed by atoms with Gasteiger partial charge in [-0.3, -0.25) is 9.10 Å². The minimum absolute atomic E-state index is 0.188. The number of hydrogen-bond donors (Lipinski definition) is 0. The Morgan fingerprint density at radius 1 is 1.11 bits per heavy atom. The quantitative estimate of drug-likeness (QED) is 0.763. The molecule has 1 amide bonds. The maximum Gasteiger partial charge on any atom is 0.243 e. The number of benzene rings is 2. The summed E-state index contributed by atoms with van der Waals surface area (Å²) in [5.74, 6) is 0.251. The molecule has 0 aliphatic carbocycles. The van der Waals surface area contributed by atoms with Crippen molar-refractivity contribution in [3.05, 3.63) is 65.2 Å². The number of halogens is 1. The summed E-state index contributed by atoms with van der Waals surface area (Å²) >= 11 is 5.98. The average molecular weight is 407 g/mol. The lowest BCUT2D eigenvalue weighted by Crippen LogP contribution is -2.45. The van der Waals surface area contributed by atoms with Crippen molar-refractivity contribution in [2.24, 2.45) is 0 Å². The van der Waals surface area contributed by atoms with Crippen molar-refractivity contribution >= 4 is 33.2 Å². The number of nitrogens with zero attached hydrogens (tertiary/aromatic N) is 2. The Labute approximate surface area is 165 Å². The zero-order chi connectivity index (χ0) is 19.4. The summed E-state index contributed by atoms with van der Waals surface area (Å²) in [4.78, 5) is 14.5. The van der Waals surface area contributed by atoms with Crippen molar-refractivity contribution in [3.8, 4) is 0 Å². The van der Waals surface area contributed by atoms with Gasteiger partial charge in [-0.25, -0.2) is 8.42 Å². The minimum atomic E-state index is -3.60. The molecule has 1 aliphatic heterocycles. The molecule has 5 nitrogen and oxygen atoms in total. The summed E-state index contributed by atoms with van der Waals surface area (Å²) in [6.07, 6.45) is 2.86. The van der Waals surface area contributed by atoms with E-state index in [1.807, 2.05) is 18.2 Å². The Hall–Kier alpha value is -2.05. The molecule has 0 aromatic heterocycles. The van der Waals surface area contributed by atoms with Gasteiger partial charge in [0.2, 0.25) is 15.9 Å². The van der Waals surface area contributed by atoms with Crippen molar-refractivity contribution in [2.45, 2.75) is 18.8 Å². The van der Waals surface area contributed by atoms with E-state index in [-0.39, 0.29) is 12.5 Å². The molecule has 144 valence electrons. The first-order valence-corrected chi connectivity index (χ1v) is 11.1. The Kier molecular flexibility index (Phi) is 6.07. The Bertz CT molecular complexity index is 894. The van der Waals surface area contributed by atoms with Crippen molar-refractivity contribution in [1.29, 1.82) is 0 Å². The van der Waals surface area contributed by atoms with Crippen LogP contribution in [0, 0.1) is 0 Å². The molecule has 0 unspecified atom stereocenters. The van der Waals surface area contributed by atoms with Gasteiger partial charge in [0.25, 0.3) is 0 Å². The van der Waals surface area contributed by atoms with Gasteiger partial charge in [0.05, 0.1) is 11.9 Å². The number of carbonyl (C=O) groups excluding carboxylic acids is 1. The Balaban J connectivity index is 1.67. The maximum absolute atomic E-state index is 12.7. The molecule has 7 heteroatoms. The number of amides is 1. The molecule has 0 bridgehead atoms. The Morgan fingerprint density at radius 2 is 1.78 bits per heavy atom. The van der Waals surface area contributed by atoms with Crippen LogP contribution in [0.1, 0.15) is 24.3 Å². The van der Waals surface area contributed by atoms with Crippen molar-refractivity contribution < 1.29 is 13.2 Å². The standard InChI is InChI=1S/C20H23ClN2O3S/c1-27(25,26)23(19-9-5-8-18(21)14-19)15-20(24)22-12-10-17(11-13-22)16-6-3-2-4-7-16/h2-9,14,17H,10-13,15H2,1H3. The SMILES string of the molecule is CS(=O)(=O)N(CC(=O)N1CCC(c2ccccc2)CC1)c1cccc(Cl)c1. The highest BCUT2D eigenvalue weighted by molar-refractivity contribution is 7.92. The average Bonchev–Trinajstić information content (AvgIpc) is 2.66. The fourth-order valence-electron chi connectivity index (χ4n) is 3.44. The van der Waals surface area contributed by atoms with Crippen LogP contribution in [0.3, 0.4) is 0 Å². The first-order chi connectivity index (χ1) is 12.8. The van der Waals surface area contributed by atoms with Gasteiger partial charge in [0, 0.05) is 18.1 Å². The van der Waals surface area contributed by atoms with E-state index in [4.69, 9.17) is 11.6 Å². The first-order valence-electron chi connectivity index (χ1n) is 8.90. The third kappa shape index (κ3) is 5.02. The molecule has 3 rings (SSSR count). The van der Waals surface area contributed by atoms with E-state index in [0.717, 1.165) is 23.4 Å². The zero-order valence-corrected chi connectivity index (χ0v) is 16.8. The van der Waals surface area contributed by atoms with Crippen LogP contribution in [0.4, 0.5) is 5.69 Å². The number of sulfonamides is 1. The molecule has 2 aromatic rings. The Morgan fingerprint density at radius 3 is 2.37 bits per heavy atom. The lowest BCUT2D eigenvalue weighted by atomic mass is 9.89. The number of rotatable bonds is 5.